The lowest BCUT2D eigenvalue weighted by molar-refractivity contribution is -0.126. The van der Waals surface area contributed by atoms with Crippen LogP contribution in [-0.4, -0.2) is 15.5 Å². The van der Waals surface area contributed by atoms with Crippen LogP contribution in [0.15, 0.2) is 36.7 Å². The van der Waals surface area contributed by atoms with Crippen LogP contribution >= 0.6 is 0 Å². The van der Waals surface area contributed by atoms with Crippen LogP contribution < -0.4 is 5.32 Å². The molecular weight excluding hydrogens is 286 g/mol. The molecule has 2 aliphatic carbocycles. The molecule has 120 valence electrons. The van der Waals surface area contributed by atoms with Crippen molar-refractivity contribution >= 4 is 5.91 Å². The second kappa shape index (κ2) is 5.84. The molecule has 2 bridgehead atoms. The highest BCUT2D eigenvalue weighted by Gasteiger charge is 2.42. The summed E-state index contributed by atoms with van der Waals surface area (Å²) in [6, 6.07) is 8.20. The average molecular weight is 309 g/mol. The third-order valence-electron chi connectivity index (χ3n) is 5.60. The minimum atomic E-state index is 0.245. The largest absolute Gasteiger partial charge is 0.352 e. The lowest BCUT2D eigenvalue weighted by Crippen LogP contribution is -2.33. The number of carbonyl (C=O) groups is 1. The lowest BCUT2D eigenvalue weighted by Gasteiger charge is -2.21. The van der Waals surface area contributed by atoms with Gasteiger partial charge in [0.1, 0.15) is 5.82 Å². The van der Waals surface area contributed by atoms with Crippen molar-refractivity contribution in [1.82, 2.24) is 14.9 Å². The van der Waals surface area contributed by atoms with E-state index < -0.39 is 0 Å². The fourth-order valence-corrected chi connectivity index (χ4v) is 4.41. The summed E-state index contributed by atoms with van der Waals surface area (Å²) in [5.74, 6) is 2.88. The quantitative estimate of drug-likeness (QED) is 0.942. The second-order valence-corrected chi connectivity index (χ2v) is 6.97. The minimum Gasteiger partial charge on any atom is -0.352 e. The average Bonchev–Trinajstić information content (AvgIpc) is 3.29. The van der Waals surface area contributed by atoms with E-state index in [2.05, 4.69) is 27.0 Å². The van der Waals surface area contributed by atoms with Crippen LogP contribution in [0.4, 0.5) is 0 Å². The molecule has 0 radical (unpaired) electrons. The van der Waals surface area contributed by atoms with Gasteiger partial charge in [-0.25, -0.2) is 4.98 Å². The summed E-state index contributed by atoms with van der Waals surface area (Å²) in [5, 5.41) is 3.17. The van der Waals surface area contributed by atoms with Gasteiger partial charge >= 0.3 is 0 Å². The molecule has 2 saturated carbocycles. The third kappa shape index (κ3) is 2.67. The Hall–Kier alpha value is -2.10. The number of imidazole rings is 1. The number of hydrogen-bond acceptors (Lipinski definition) is 2. The predicted octanol–water partition coefficient (Wildman–Crippen LogP) is 3.23. The highest BCUT2D eigenvalue weighted by atomic mass is 16.1. The maximum absolute atomic E-state index is 12.5. The SMILES string of the molecule is Cc1nccn1-c1ccccc1CNC(=O)[C@@H]1C[C@H]2CC[C@H]1C2. The molecule has 4 heteroatoms. The van der Waals surface area contributed by atoms with E-state index >= 15 is 0 Å². The molecular formula is C19H23N3O. The zero-order valence-electron chi connectivity index (χ0n) is 13.5. The van der Waals surface area contributed by atoms with Crippen LogP contribution in [0.2, 0.25) is 0 Å². The summed E-state index contributed by atoms with van der Waals surface area (Å²) in [6.07, 6.45) is 8.71. The molecule has 2 aliphatic rings. The number of rotatable bonds is 4. The molecule has 0 saturated heterocycles. The fraction of sp³-hybridized carbons (Fsp3) is 0.474. The van der Waals surface area contributed by atoms with Crippen LogP contribution in [-0.2, 0) is 11.3 Å². The predicted molar refractivity (Wildman–Crippen MR) is 89.1 cm³/mol. The molecule has 1 aromatic carbocycles. The number of amides is 1. The third-order valence-corrected chi connectivity index (χ3v) is 5.60. The summed E-state index contributed by atoms with van der Waals surface area (Å²) in [5.41, 5.74) is 2.22. The molecule has 4 rings (SSSR count). The smallest absolute Gasteiger partial charge is 0.223 e. The molecule has 0 spiro atoms. The topological polar surface area (TPSA) is 46.9 Å². The van der Waals surface area contributed by atoms with Crippen LogP contribution in [0.5, 0.6) is 0 Å². The Morgan fingerprint density at radius 3 is 2.87 bits per heavy atom. The molecule has 4 nitrogen and oxygen atoms in total. The van der Waals surface area contributed by atoms with Gasteiger partial charge in [0.15, 0.2) is 0 Å². The zero-order valence-corrected chi connectivity index (χ0v) is 13.5. The molecule has 1 aromatic heterocycles. The Balaban J connectivity index is 1.47. The summed E-state index contributed by atoms with van der Waals surface area (Å²) in [7, 11) is 0. The van der Waals surface area contributed by atoms with Crippen molar-refractivity contribution in [2.24, 2.45) is 17.8 Å². The Bertz CT molecular complexity index is 721. The maximum Gasteiger partial charge on any atom is 0.223 e. The standard InChI is InChI=1S/C19H23N3O/c1-13-20-8-9-22(13)18-5-3-2-4-16(18)12-21-19(23)17-11-14-6-7-15(17)10-14/h2-5,8-9,14-15,17H,6-7,10-12H2,1H3,(H,21,23)/t14-,15-,17+/m0/s1. The van der Waals surface area contributed by atoms with E-state index in [0.29, 0.717) is 12.5 Å². The van der Waals surface area contributed by atoms with Gasteiger partial charge in [-0.3, -0.25) is 4.79 Å². The summed E-state index contributed by atoms with van der Waals surface area (Å²) in [6.45, 7) is 2.57. The summed E-state index contributed by atoms with van der Waals surface area (Å²) >= 11 is 0. The number of aromatic nitrogens is 2. The highest BCUT2D eigenvalue weighted by molar-refractivity contribution is 5.79. The number of benzene rings is 1. The normalized spacial score (nSPS) is 25.7. The Labute approximate surface area is 136 Å². The van der Waals surface area contributed by atoms with Crippen LogP contribution in [0.1, 0.15) is 37.1 Å². The number of nitrogens with zero attached hydrogens (tertiary/aromatic N) is 2. The Kier molecular flexibility index (Phi) is 3.68. The van der Waals surface area contributed by atoms with Crippen molar-refractivity contribution in [3.05, 3.63) is 48.0 Å². The highest BCUT2D eigenvalue weighted by Crippen LogP contribution is 2.48. The number of aryl methyl sites for hydroxylation is 1. The molecule has 0 aliphatic heterocycles. The van der Waals surface area contributed by atoms with Crippen molar-refractivity contribution in [1.29, 1.82) is 0 Å². The van der Waals surface area contributed by atoms with E-state index in [4.69, 9.17) is 0 Å². The van der Waals surface area contributed by atoms with E-state index in [1.165, 1.54) is 19.3 Å². The number of fused-ring (bicyclic) bond motifs is 2. The van der Waals surface area contributed by atoms with Crippen molar-refractivity contribution in [3.8, 4) is 5.69 Å². The van der Waals surface area contributed by atoms with Gasteiger partial charge in [0, 0.05) is 24.9 Å². The molecule has 23 heavy (non-hydrogen) atoms. The van der Waals surface area contributed by atoms with E-state index in [1.54, 1.807) is 6.20 Å². The molecule has 1 amide bonds. The number of hydrogen-bond donors (Lipinski definition) is 1. The van der Waals surface area contributed by atoms with E-state index in [1.807, 2.05) is 25.3 Å². The number of nitrogens with one attached hydrogen (secondary N) is 1. The fourth-order valence-electron chi connectivity index (χ4n) is 4.41. The molecule has 0 unspecified atom stereocenters. The van der Waals surface area contributed by atoms with Gasteiger partial charge in [0.25, 0.3) is 0 Å². The molecule has 3 atom stereocenters. The lowest BCUT2D eigenvalue weighted by atomic mass is 9.88. The zero-order chi connectivity index (χ0) is 15.8. The molecule has 1 N–H and O–H groups in total. The van der Waals surface area contributed by atoms with E-state index in [0.717, 1.165) is 29.4 Å². The molecule has 2 aromatic rings. The number of para-hydroxylation sites is 1. The minimum absolute atomic E-state index is 0.245. The van der Waals surface area contributed by atoms with Gasteiger partial charge < -0.3 is 9.88 Å². The second-order valence-electron chi connectivity index (χ2n) is 6.97. The van der Waals surface area contributed by atoms with Crippen LogP contribution in [0.3, 0.4) is 0 Å². The van der Waals surface area contributed by atoms with Crippen molar-refractivity contribution < 1.29 is 4.79 Å². The monoisotopic (exact) mass is 309 g/mol. The van der Waals surface area contributed by atoms with Gasteiger partial charge in [-0.15, -0.1) is 0 Å². The first-order chi connectivity index (χ1) is 11.2. The van der Waals surface area contributed by atoms with Crippen molar-refractivity contribution in [2.45, 2.75) is 39.2 Å². The van der Waals surface area contributed by atoms with Crippen molar-refractivity contribution in [2.75, 3.05) is 0 Å². The maximum atomic E-state index is 12.5. The van der Waals surface area contributed by atoms with Gasteiger partial charge in [0.05, 0.1) is 5.69 Å². The number of carbonyl (C=O) groups excluding carboxylic acids is 1. The first-order valence-electron chi connectivity index (χ1n) is 8.58. The van der Waals surface area contributed by atoms with Gasteiger partial charge in [-0.2, -0.15) is 0 Å². The van der Waals surface area contributed by atoms with Crippen molar-refractivity contribution in [3.63, 3.8) is 0 Å². The van der Waals surface area contributed by atoms with E-state index in [-0.39, 0.29) is 11.8 Å². The Morgan fingerprint density at radius 2 is 2.17 bits per heavy atom. The first-order valence-corrected chi connectivity index (χ1v) is 8.58. The van der Waals surface area contributed by atoms with Gasteiger partial charge in [0.2, 0.25) is 5.91 Å². The molecule has 1 heterocycles. The molecule has 2 fully saturated rings. The van der Waals surface area contributed by atoms with E-state index in [9.17, 15) is 4.79 Å². The Morgan fingerprint density at radius 1 is 1.30 bits per heavy atom. The van der Waals surface area contributed by atoms with Gasteiger partial charge in [-0.1, -0.05) is 24.6 Å². The van der Waals surface area contributed by atoms with Crippen LogP contribution in [0, 0.1) is 24.7 Å². The summed E-state index contributed by atoms with van der Waals surface area (Å²) in [4.78, 5) is 16.8. The van der Waals surface area contributed by atoms with Gasteiger partial charge in [-0.05, 0) is 49.7 Å². The first kappa shape index (κ1) is 14.5. The summed E-state index contributed by atoms with van der Waals surface area (Å²) < 4.78 is 2.07. The van der Waals surface area contributed by atoms with Crippen LogP contribution in [0.25, 0.3) is 5.69 Å².